The second-order valence-corrected chi connectivity index (χ2v) is 3.79. The van der Waals surface area contributed by atoms with E-state index in [2.05, 4.69) is 13.5 Å². The monoisotopic (exact) mass is 197 g/mol. The number of nitrogens with zero attached hydrogens (tertiary/aromatic N) is 1. The predicted molar refractivity (Wildman–Crippen MR) is 55.6 cm³/mol. The summed E-state index contributed by atoms with van der Waals surface area (Å²) in [4.78, 5) is 13.1. The molecule has 0 aromatic carbocycles. The molecule has 1 saturated heterocycles. The van der Waals surface area contributed by atoms with Gasteiger partial charge in [-0.2, -0.15) is 0 Å². The van der Waals surface area contributed by atoms with E-state index in [0.29, 0.717) is 12.8 Å². The largest absolute Gasteiger partial charge is 0.374 e. The number of hydrogen-bond acceptors (Lipinski definition) is 2. The second kappa shape index (κ2) is 5.15. The molecule has 1 rings (SSSR count). The molecule has 0 aromatic heterocycles. The molecule has 2 atom stereocenters. The van der Waals surface area contributed by atoms with Crippen molar-refractivity contribution in [1.82, 2.24) is 4.90 Å². The van der Waals surface area contributed by atoms with E-state index in [1.807, 2.05) is 6.08 Å². The van der Waals surface area contributed by atoms with E-state index in [-0.39, 0.29) is 11.9 Å². The van der Waals surface area contributed by atoms with Gasteiger partial charge in [-0.1, -0.05) is 19.4 Å². The van der Waals surface area contributed by atoms with Gasteiger partial charge in [-0.25, -0.2) is 0 Å². The summed E-state index contributed by atoms with van der Waals surface area (Å²) in [6.45, 7) is 5.77. The fraction of sp³-hybridized carbons (Fsp3) is 0.727. The third-order valence-electron chi connectivity index (χ3n) is 2.68. The molecule has 3 nitrogen and oxygen atoms in total. The Bertz CT molecular complexity index is 215. The van der Waals surface area contributed by atoms with E-state index in [0.717, 1.165) is 19.3 Å². The third-order valence-corrected chi connectivity index (χ3v) is 2.68. The van der Waals surface area contributed by atoms with Crippen molar-refractivity contribution < 1.29 is 9.90 Å². The second-order valence-electron chi connectivity index (χ2n) is 3.79. The van der Waals surface area contributed by atoms with E-state index >= 15 is 0 Å². The van der Waals surface area contributed by atoms with Gasteiger partial charge in [0.1, 0.15) is 6.23 Å². The van der Waals surface area contributed by atoms with Gasteiger partial charge in [0.2, 0.25) is 5.91 Å². The molecule has 80 valence electrons. The third kappa shape index (κ3) is 2.35. The molecule has 2 unspecified atom stereocenters. The maximum Gasteiger partial charge on any atom is 0.225 e. The van der Waals surface area contributed by atoms with Crippen molar-refractivity contribution >= 4 is 5.91 Å². The summed E-state index contributed by atoms with van der Waals surface area (Å²) in [5.41, 5.74) is 0. The Balaban J connectivity index is 2.64. The summed E-state index contributed by atoms with van der Waals surface area (Å²) in [5, 5.41) is 9.65. The number of amides is 1. The molecule has 0 radical (unpaired) electrons. The van der Waals surface area contributed by atoms with Gasteiger partial charge in [0.05, 0.1) is 0 Å². The van der Waals surface area contributed by atoms with E-state index in [4.69, 9.17) is 0 Å². The van der Waals surface area contributed by atoms with Crippen LogP contribution in [-0.4, -0.2) is 28.2 Å². The lowest BCUT2D eigenvalue weighted by atomic mass is 10.1. The van der Waals surface area contributed by atoms with Gasteiger partial charge in [-0.05, 0) is 12.8 Å². The van der Waals surface area contributed by atoms with E-state index in [1.54, 1.807) is 4.90 Å². The van der Waals surface area contributed by atoms with Crippen molar-refractivity contribution in [2.75, 3.05) is 0 Å². The molecule has 0 saturated carbocycles. The highest BCUT2D eigenvalue weighted by molar-refractivity contribution is 5.78. The summed E-state index contributed by atoms with van der Waals surface area (Å²) in [7, 11) is 0. The molecule has 1 aliphatic rings. The lowest BCUT2D eigenvalue weighted by Crippen LogP contribution is -2.41. The summed E-state index contributed by atoms with van der Waals surface area (Å²) in [6, 6.07) is 0.141. The molecule has 0 aromatic rings. The van der Waals surface area contributed by atoms with E-state index in [1.165, 1.54) is 0 Å². The lowest BCUT2D eigenvalue weighted by molar-refractivity contribution is -0.136. The molecule has 3 heteroatoms. The molecule has 0 bridgehead atoms. The van der Waals surface area contributed by atoms with Crippen molar-refractivity contribution in [3.63, 3.8) is 0 Å². The SMILES string of the molecule is C=CCC(CCC)N1C(=O)CCC1O. The van der Waals surface area contributed by atoms with Gasteiger partial charge in [0, 0.05) is 18.9 Å². The molecular weight excluding hydrogens is 178 g/mol. The van der Waals surface area contributed by atoms with Crippen molar-refractivity contribution in [2.45, 2.75) is 51.3 Å². The first-order chi connectivity index (χ1) is 6.70. The van der Waals surface area contributed by atoms with Crippen LogP contribution < -0.4 is 0 Å². The van der Waals surface area contributed by atoms with Crippen LogP contribution in [0.1, 0.15) is 39.0 Å². The number of hydrogen-bond donors (Lipinski definition) is 1. The van der Waals surface area contributed by atoms with Gasteiger partial charge < -0.3 is 10.0 Å². The van der Waals surface area contributed by atoms with Crippen LogP contribution in [0.5, 0.6) is 0 Å². The van der Waals surface area contributed by atoms with Crippen LogP contribution in [0, 0.1) is 0 Å². The highest BCUT2D eigenvalue weighted by Gasteiger charge is 2.33. The molecule has 0 spiro atoms. The average molecular weight is 197 g/mol. The van der Waals surface area contributed by atoms with Crippen LogP contribution in [0.25, 0.3) is 0 Å². The topological polar surface area (TPSA) is 40.5 Å². The molecule has 1 N–H and O–H groups in total. The maximum atomic E-state index is 11.5. The smallest absolute Gasteiger partial charge is 0.225 e. The normalized spacial score (nSPS) is 24.0. The van der Waals surface area contributed by atoms with Gasteiger partial charge >= 0.3 is 0 Å². The predicted octanol–water partition coefficient (Wildman–Crippen LogP) is 1.67. The van der Waals surface area contributed by atoms with E-state index in [9.17, 15) is 9.90 Å². The number of aliphatic hydroxyl groups excluding tert-OH is 1. The number of carbonyl (C=O) groups is 1. The first-order valence-electron chi connectivity index (χ1n) is 5.30. The fourth-order valence-corrected chi connectivity index (χ4v) is 2.03. The summed E-state index contributed by atoms with van der Waals surface area (Å²) in [5.74, 6) is 0.0813. The summed E-state index contributed by atoms with van der Waals surface area (Å²) >= 11 is 0. The number of rotatable bonds is 5. The standard InChI is InChI=1S/C11H19NO2/c1-3-5-9(6-4-2)12-10(13)7-8-11(12)14/h3,9-10,13H,1,4-8H2,2H3. The Morgan fingerprint density at radius 1 is 1.79 bits per heavy atom. The van der Waals surface area contributed by atoms with Crippen LogP contribution >= 0.6 is 0 Å². The van der Waals surface area contributed by atoms with Crippen LogP contribution in [-0.2, 0) is 4.79 Å². The Labute approximate surface area is 85.4 Å². The highest BCUT2D eigenvalue weighted by Crippen LogP contribution is 2.23. The molecular formula is C11H19NO2. The van der Waals surface area contributed by atoms with Crippen molar-refractivity contribution in [1.29, 1.82) is 0 Å². The number of likely N-dealkylation sites (tertiary alicyclic amines) is 1. The first-order valence-corrected chi connectivity index (χ1v) is 5.30. The zero-order valence-corrected chi connectivity index (χ0v) is 8.78. The van der Waals surface area contributed by atoms with Crippen molar-refractivity contribution in [3.8, 4) is 0 Å². The Morgan fingerprint density at radius 2 is 2.50 bits per heavy atom. The molecule has 1 heterocycles. The summed E-state index contributed by atoms with van der Waals surface area (Å²) < 4.78 is 0. The molecule has 1 fully saturated rings. The number of carbonyl (C=O) groups excluding carboxylic acids is 1. The highest BCUT2D eigenvalue weighted by atomic mass is 16.3. The van der Waals surface area contributed by atoms with Crippen LogP contribution in [0.15, 0.2) is 12.7 Å². The fourth-order valence-electron chi connectivity index (χ4n) is 2.03. The van der Waals surface area contributed by atoms with Crippen LogP contribution in [0.3, 0.4) is 0 Å². The minimum atomic E-state index is -0.570. The van der Waals surface area contributed by atoms with Crippen molar-refractivity contribution in [2.24, 2.45) is 0 Å². The number of aliphatic hydroxyl groups is 1. The van der Waals surface area contributed by atoms with Gasteiger partial charge in [0.15, 0.2) is 0 Å². The molecule has 1 amide bonds. The zero-order chi connectivity index (χ0) is 10.6. The lowest BCUT2D eigenvalue weighted by Gasteiger charge is -2.29. The van der Waals surface area contributed by atoms with Gasteiger partial charge in [0.25, 0.3) is 0 Å². The van der Waals surface area contributed by atoms with Crippen LogP contribution in [0.2, 0.25) is 0 Å². The zero-order valence-electron chi connectivity index (χ0n) is 8.78. The average Bonchev–Trinajstić information content (AvgIpc) is 2.46. The van der Waals surface area contributed by atoms with Gasteiger partial charge in [-0.15, -0.1) is 6.58 Å². The summed E-state index contributed by atoms with van der Waals surface area (Å²) in [6.07, 6.45) is 5.05. The Hall–Kier alpha value is -0.830. The minimum absolute atomic E-state index is 0.0813. The Morgan fingerprint density at radius 3 is 2.93 bits per heavy atom. The van der Waals surface area contributed by atoms with Gasteiger partial charge in [-0.3, -0.25) is 4.79 Å². The minimum Gasteiger partial charge on any atom is -0.374 e. The first kappa shape index (κ1) is 11.2. The molecule has 0 aliphatic carbocycles. The maximum absolute atomic E-state index is 11.5. The Kier molecular flexibility index (Phi) is 4.14. The van der Waals surface area contributed by atoms with E-state index < -0.39 is 6.23 Å². The molecule has 1 aliphatic heterocycles. The quantitative estimate of drug-likeness (QED) is 0.681. The van der Waals surface area contributed by atoms with Crippen LogP contribution in [0.4, 0.5) is 0 Å². The molecule has 14 heavy (non-hydrogen) atoms. The van der Waals surface area contributed by atoms with Crippen molar-refractivity contribution in [3.05, 3.63) is 12.7 Å².